The maximum atomic E-state index is 13.2. The van der Waals surface area contributed by atoms with Crippen molar-refractivity contribution in [1.82, 2.24) is 9.21 Å². The normalized spacial score (nSPS) is 19.0. The first-order chi connectivity index (χ1) is 13.0. The Bertz CT molecular complexity index is 1040. The van der Waals surface area contributed by atoms with Crippen molar-refractivity contribution in [2.45, 2.75) is 23.5 Å². The van der Waals surface area contributed by atoms with Crippen LogP contribution in [0.5, 0.6) is 0 Å². The Balaban J connectivity index is 2.03. The lowest BCUT2D eigenvalue weighted by Gasteiger charge is -2.27. The van der Waals surface area contributed by atoms with Gasteiger partial charge in [-0.2, -0.15) is 4.31 Å². The number of carbonyl (C=O) groups excluding carboxylic acids is 1. The Morgan fingerprint density at radius 3 is 2.46 bits per heavy atom. The Hall–Kier alpha value is -1.64. The molecule has 0 heterocycles. The number of hydrogen-bond acceptors (Lipinski definition) is 4. The molecule has 6 nitrogen and oxygen atoms in total. The number of carbonyl (C=O) groups is 1. The molecule has 2 aromatic carbocycles. The standard InChI is InChI=1S/C19H20Cl2N2O4S/c1-22(2)19(25)11-5-4-6-13(7-11)28(26,27)23(3)18-15-8-12(20)9-16(21)14(15)10-17(18)24/h4-9,17-18,24H,10H2,1-3H3/t17-,18+/m1/s1. The first kappa shape index (κ1) is 21.1. The summed E-state index contributed by atoms with van der Waals surface area (Å²) in [5.41, 5.74) is 1.52. The highest BCUT2D eigenvalue weighted by Crippen LogP contribution is 2.42. The fourth-order valence-electron chi connectivity index (χ4n) is 3.43. The van der Waals surface area contributed by atoms with Crippen LogP contribution >= 0.6 is 23.2 Å². The Kier molecular flexibility index (Phi) is 5.76. The van der Waals surface area contributed by atoms with Crippen LogP contribution in [-0.2, 0) is 16.4 Å². The van der Waals surface area contributed by atoms with Gasteiger partial charge < -0.3 is 10.0 Å². The number of fused-ring (bicyclic) bond motifs is 1. The first-order valence-corrected chi connectivity index (χ1v) is 10.7. The van der Waals surface area contributed by atoms with E-state index in [1.54, 1.807) is 32.3 Å². The summed E-state index contributed by atoms with van der Waals surface area (Å²) in [6.45, 7) is 0. The van der Waals surface area contributed by atoms with Gasteiger partial charge in [0.2, 0.25) is 10.0 Å². The largest absolute Gasteiger partial charge is 0.391 e. The number of amides is 1. The summed E-state index contributed by atoms with van der Waals surface area (Å²) in [5.74, 6) is -0.301. The molecular formula is C19H20Cl2N2O4S. The zero-order chi connectivity index (χ0) is 20.8. The average Bonchev–Trinajstić information content (AvgIpc) is 2.96. The molecule has 1 amide bonds. The zero-order valence-electron chi connectivity index (χ0n) is 15.6. The molecule has 1 N–H and O–H groups in total. The van der Waals surface area contributed by atoms with E-state index in [1.165, 1.54) is 30.1 Å². The van der Waals surface area contributed by atoms with Crippen molar-refractivity contribution in [3.05, 3.63) is 63.1 Å². The van der Waals surface area contributed by atoms with E-state index in [4.69, 9.17) is 23.2 Å². The summed E-state index contributed by atoms with van der Waals surface area (Å²) in [4.78, 5) is 13.5. The van der Waals surface area contributed by atoms with Crippen molar-refractivity contribution in [3.63, 3.8) is 0 Å². The monoisotopic (exact) mass is 442 g/mol. The molecule has 0 saturated carbocycles. The van der Waals surface area contributed by atoms with Crippen LogP contribution < -0.4 is 0 Å². The van der Waals surface area contributed by atoms with Gasteiger partial charge in [-0.05, 0) is 41.5 Å². The van der Waals surface area contributed by atoms with Crippen molar-refractivity contribution in [2.24, 2.45) is 0 Å². The highest BCUT2D eigenvalue weighted by molar-refractivity contribution is 7.89. The molecule has 1 aliphatic carbocycles. The minimum Gasteiger partial charge on any atom is -0.391 e. The second-order valence-corrected chi connectivity index (χ2v) is 9.76. The van der Waals surface area contributed by atoms with E-state index in [-0.39, 0.29) is 22.8 Å². The topological polar surface area (TPSA) is 77.9 Å². The molecule has 0 saturated heterocycles. The summed E-state index contributed by atoms with van der Waals surface area (Å²) in [5, 5.41) is 11.3. The second kappa shape index (κ2) is 7.65. The summed E-state index contributed by atoms with van der Waals surface area (Å²) in [6.07, 6.45) is -0.730. The van der Waals surface area contributed by atoms with Crippen LogP contribution in [-0.4, -0.2) is 55.9 Å². The fraction of sp³-hybridized carbons (Fsp3) is 0.316. The minimum absolute atomic E-state index is 0.0310. The van der Waals surface area contributed by atoms with Crippen LogP contribution in [0.1, 0.15) is 27.5 Å². The molecule has 2 aromatic rings. The molecule has 0 spiro atoms. The second-order valence-electron chi connectivity index (χ2n) is 6.92. The number of halogens is 2. The van der Waals surface area contributed by atoms with E-state index in [9.17, 15) is 18.3 Å². The van der Waals surface area contributed by atoms with E-state index >= 15 is 0 Å². The lowest BCUT2D eigenvalue weighted by atomic mass is 10.1. The van der Waals surface area contributed by atoms with Gasteiger partial charge in [0.15, 0.2) is 0 Å². The molecule has 0 unspecified atom stereocenters. The molecular weight excluding hydrogens is 423 g/mol. The lowest BCUT2D eigenvalue weighted by Crippen LogP contribution is -2.36. The molecule has 1 aliphatic rings. The third-order valence-corrected chi connectivity index (χ3v) is 7.24. The van der Waals surface area contributed by atoms with Gasteiger partial charge in [-0.3, -0.25) is 4.79 Å². The Morgan fingerprint density at radius 1 is 1.14 bits per heavy atom. The fourth-order valence-corrected chi connectivity index (χ4v) is 5.43. The number of likely N-dealkylation sites (N-methyl/N-ethyl adjacent to an activating group) is 1. The maximum Gasteiger partial charge on any atom is 0.253 e. The van der Waals surface area contributed by atoms with Gasteiger partial charge in [0.05, 0.1) is 17.0 Å². The smallest absolute Gasteiger partial charge is 0.253 e. The van der Waals surface area contributed by atoms with Crippen LogP contribution in [0, 0.1) is 0 Å². The molecule has 9 heteroatoms. The summed E-state index contributed by atoms with van der Waals surface area (Å²) >= 11 is 12.3. The van der Waals surface area contributed by atoms with Crippen molar-refractivity contribution in [3.8, 4) is 0 Å². The molecule has 0 aromatic heterocycles. The highest BCUT2D eigenvalue weighted by Gasteiger charge is 2.40. The Morgan fingerprint density at radius 2 is 1.82 bits per heavy atom. The zero-order valence-corrected chi connectivity index (χ0v) is 17.9. The van der Waals surface area contributed by atoms with Gasteiger partial charge in [0.1, 0.15) is 0 Å². The molecule has 0 bridgehead atoms. The molecule has 2 atom stereocenters. The number of benzene rings is 2. The van der Waals surface area contributed by atoms with E-state index in [0.29, 0.717) is 21.2 Å². The third-order valence-electron chi connectivity index (χ3n) is 4.85. The number of sulfonamides is 1. The predicted octanol–water partition coefficient (Wildman–Crippen LogP) is 2.97. The lowest BCUT2D eigenvalue weighted by molar-refractivity contribution is 0.0827. The molecule has 3 rings (SSSR count). The third kappa shape index (κ3) is 3.65. The van der Waals surface area contributed by atoms with Gasteiger partial charge >= 0.3 is 0 Å². The number of hydrogen-bond donors (Lipinski definition) is 1. The van der Waals surface area contributed by atoms with Gasteiger partial charge in [-0.1, -0.05) is 29.3 Å². The Labute approximate surface area is 174 Å². The van der Waals surface area contributed by atoms with E-state index in [0.717, 1.165) is 4.31 Å². The van der Waals surface area contributed by atoms with Crippen molar-refractivity contribution in [1.29, 1.82) is 0 Å². The van der Waals surface area contributed by atoms with E-state index in [1.807, 2.05) is 0 Å². The molecule has 0 radical (unpaired) electrons. The SMILES string of the molecule is CN(C)C(=O)c1cccc(S(=O)(=O)N(C)[C@H]2c3cc(Cl)cc(Cl)c3C[C@H]2O)c1. The summed E-state index contributed by atoms with van der Waals surface area (Å²) in [6, 6.07) is 8.20. The molecule has 0 aliphatic heterocycles. The maximum absolute atomic E-state index is 13.2. The summed E-state index contributed by atoms with van der Waals surface area (Å²) < 4.78 is 27.5. The molecule has 0 fully saturated rings. The van der Waals surface area contributed by atoms with Crippen LogP contribution in [0.4, 0.5) is 0 Å². The predicted molar refractivity (Wildman–Crippen MR) is 108 cm³/mol. The van der Waals surface area contributed by atoms with Crippen LogP contribution in [0.3, 0.4) is 0 Å². The van der Waals surface area contributed by atoms with Crippen molar-refractivity contribution in [2.75, 3.05) is 21.1 Å². The average molecular weight is 443 g/mol. The summed E-state index contributed by atoms with van der Waals surface area (Å²) in [7, 11) is 0.592. The van der Waals surface area contributed by atoms with E-state index < -0.39 is 22.2 Å². The van der Waals surface area contributed by atoms with E-state index in [2.05, 4.69) is 0 Å². The van der Waals surface area contributed by atoms with Gasteiger partial charge in [0.25, 0.3) is 5.91 Å². The van der Waals surface area contributed by atoms with Gasteiger partial charge in [-0.15, -0.1) is 0 Å². The van der Waals surface area contributed by atoms with Gasteiger partial charge in [-0.25, -0.2) is 8.42 Å². The van der Waals surface area contributed by atoms with Crippen molar-refractivity contribution < 1.29 is 18.3 Å². The van der Waals surface area contributed by atoms with Crippen LogP contribution in [0.15, 0.2) is 41.3 Å². The molecule has 150 valence electrons. The first-order valence-electron chi connectivity index (χ1n) is 8.49. The minimum atomic E-state index is -3.99. The number of rotatable bonds is 4. The highest BCUT2D eigenvalue weighted by atomic mass is 35.5. The quantitative estimate of drug-likeness (QED) is 0.789. The van der Waals surface area contributed by atoms with Crippen LogP contribution in [0.2, 0.25) is 10.0 Å². The van der Waals surface area contributed by atoms with Crippen LogP contribution in [0.25, 0.3) is 0 Å². The number of nitrogens with zero attached hydrogens (tertiary/aromatic N) is 2. The number of aliphatic hydroxyl groups is 1. The number of aliphatic hydroxyl groups excluding tert-OH is 1. The molecule has 28 heavy (non-hydrogen) atoms. The van der Waals surface area contributed by atoms with Crippen molar-refractivity contribution >= 4 is 39.1 Å². The van der Waals surface area contributed by atoms with Gasteiger partial charge in [0, 0.05) is 43.2 Å².